The van der Waals surface area contributed by atoms with Gasteiger partial charge in [0, 0.05) is 18.2 Å². The Bertz CT molecular complexity index is 865. The van der Waals surface area contributed by atoms with E-state index in [1.807, 2.05) is 0 Å². The van der Waals surface area contributed by atoms with Crippen molar-refractivity contribution in [3.63, 3.8) is 0 Å². The number of rotatable bonds is 6. The van der Waals surface area contributed by atoms with Crippen LogP contribution in [-0.2, 0) is 0 Å². The normalized spacial score (nSPS) is 10.5. The van der Waals surface area contributed by atoms with Crippen molar-refractivity contribution >= 4 is 5.78 Å². The highest BCUT2D eigenvalue weighted by Crippen LogP contribution is 2.24. The number of aromatic nitrogens is 2. The predicted octanol–water partition coefficient (Wildman–Crippen LogP) is 3.64. The van der Waals surface area contributed by atoms with Gasteiger partial charge in [-0.1, -0.05) is 0 Å². The maximum absolute atomic E-state index is 12.9. The van der Waals surface area contributed by atoms with Crippen LogP contribution < -0.4 is 4.74 Å². The van der Waals surface area contributed by atoms with Crippen LogP contribution in [0.15, 0.2) is 60.8 Å². The fourth-order valence-electron chi connectivity index (χ4n) is 2.19. The Labute approximate surface area is 143 Å². The molecule has 3 rings (SSSR count). The van der Waals surface area contributed by atoms with E-state index < -0.39 is 0 Å². The monoisotopic (exact) mass is 338 g/mol. The summed E-state index contributed by atoms with van der Waals surface area (Å²) in [4.78, 5) is 20.2. The van der Waals surface area contributed by atoms with E-state index in [-0.39, 0.29) is 30.3 Å². The van der Waals surface area contributed by atoms with Crippen molar-refractivity contribution in [2.75, 3.05) is 6.61 Å². The van der Waals surface area contributed by atoms with E-state index in [9.17, 15) is 9.18 Å². The molecule has 3 aromatic rings. The van der Waals surface area contributed by atoms with Crippen molar-refractivity contribution in [3.8, 4) is 22.9 Å². The zero-order valence-corrected chi connectivity index (χ0v) is 13.2. The standard InChI is InChI=1S/C19H15FN2O3/c20-14-3-7-16(8-4-14)25-15-5-1-13(2-6-15)19-21-11-9-17(22-19)18(24)10-12-23/h1-9,11,23H,10,12H2. The molecule has 126 valence electrons. The second-order valence-corrected chi connectivity index (χ2v) is 5.24. The molecule has 0 saturated carbocycles. The second-order valence-electron chi connectivity index (χ2n) is 5.24. The van der Waals surface area contributed by atoms with Gasteiger partial charge in [-0.2, -0.15) is 0 Å². The van der Waals surface area contributed by atoms with Crippen LogP contribution in [0.4, 0.5) is 4.39 Å². The molecular weight excluding hydrogens is 323 g/mol. The fraction of sp³-hybridized carbons (Fsp3) is 0.105. The number of nitrogens with zero attached hydrogens (tertiary/aromatic N) is 2. The zero-order valence-electron chi connectivity index (χ0n) is 13.2. The highest BCUT2D eigenvalue weighted by molar-refractivity contribution is 5.94. The largest absolute Gasteiger partial charge is 0.457 e. The minimum Gasteiger partial charge on any atom is -0.457 e. The van der Waals surface area contributed by atoms with E-state index in [2.05, 4.69) is 9.97 Å². The molecule has 0 aliphatic carbocycles. The van der Waals surface area contributed by atoms with Crippen LogP contribution in [0.5, 0.6) is 11.5 Å². The molecule has 1 N–H and O–H groups in total. The highest BCUT2D eigenvalue weighted by Gasteiger charge is 2.09. The molecule has 0 aliphatic rings. The van der Waals surface area contributed by atoms with Crippen LogP contribution >= 0.6 is 0 Å². The third-order valence-corrected chi connectivity index (χ3v) is 3.44. The molecule has 1 aromatic heterocycles. The lowest BCUT2D eigenvalue weighted by Gasteiger charge is -2.07. The molecule has 0 radical (unpaired) electrons. The van der Waals surface area contributed by atoms with E-state index in [1.54, 1.807) is 36.4 Å². The van der Waals surface area contributed by atoms with E-state index >= 15 is 0 Å². The van der Waals surface area contributed by atoms with Gasteiger partial charge < -0.3 is 9.84 Å². The number of hydrogen-bond donors (Lipinski definition) is 1. The van der Waals surface area contributed by atoms with Gasteiger partial charge in [0.25, 0.3) is 0 Å². The fourth-order valence-corrected chi connectivity index (χ4v) is 2.19. The molecule has 0 unspecified atom stereocenters. The molecule has 0 amide bonds. The van der Waals surface area contributed by atoms with E-state index in [1.165, 1.54) is 24.4 Å². The van der Waals surface area contributed by atoms with Gasteiger partial charge >= 0.3 is 0 Å². The molecule has 0 spiro atoms. The number of Topliss-reactive ketones (excluding diaryl/α,β-unsaturated/α-hetero) is 1. The van der Waals surface area contributed by atoms with Crippen LogP contribution in [0, 0.1) is 5.82 Å². The number of halogens is 1. The van der Waals surface area contributed by atoms with Gasteiger partial charge in [-0.25, -0.2) is 14.4 Å². The van der Waals surface area contributed by atoms with Crippen LogP contribution in [0.25, 0.3) is 11.4 Å². The number of carbonyl (C=O) groups excluding carboxylic acids is 1. The summed E-state index contributed by atoms with van der Waals surface area (Å²) in [5.41, 5.74) is 0.996. The number of aliphatic hydroxyl groups excluding tert-OH is 1. The SMILES string of the molecule is O=C(CCO)c1ccnc(-c2ccc(Oc3ccc(F)cc3)cc2)n1. The minimum atomic E-state index is -0.324. The molecular formula is C19H15FN2O3. The molecule has 5 nitrogen and oxygen atoms in total. The molecule has 0 atom stereocenters. The summed E-state index contributed by atoms with van der Waals surface area (Å²) in [6.45, 7) is -0.215. The zero-order chi connectivity index (χ0) is 17.6. The lowest BCUT2D eigenvalue weighted by molar-refractivity contribution is 0.0951. The number of aliphatic hydroxyl groups is 1. The van der Waals surface area contributed by atoms with Crippen molar-refractivity contribution in [1.82, 2.24) is 9.97 Å². The highest BCUT2D eigenvalue weighted by atomic mass is 19.1. The van der Waals surface area contributed by atoms with E-state index in [0.29, 0.717) is 17.3 Å². The van der Waals surface area contributed by atoms with Gasteiger partial charge in [0.2, 0.25) is 0 Å². The summed E-state index contributed by atoms with van der Waals surface area (Å²) in [6, 6.07) is 14.3. The smallest absolute Gasteiger partial charge is 0.183 e. The van der Waals surface area contributed by atoms with Crippen LogP contribution in [0.3, 0.4) is 0 Å². The molecule has 2 aromatic carbocycles. The first-order valence-corrected chi connectivity index (χ1v) is 7.66. The predicted molar refractivity (Wildman–Crippen MR) is 90.0 cm³/mol. The quantitative estimate of drug-likeness (QED) is 0.695. The molecule has 0 aliphatic heterocycles. The van der Waals surface area contributed by atoms with Gasteiger partial charge in [0.1, 0.15) is 23.0 Å². The van der Waals surface area contributed by atoms with Crippen molar-refractivity contribution in [3.05, 3.63) is 72.3 Å². The average Bonchev–Trinajstić information content (AvgIpc) is 2.65. The molecule has 25 heavy (non-hydrogen) atoms. The van der Waals surface area contributed by atoms with Gasteiger partial charge in [-0.05, 0) is 54.6 Å². The first-order valence-electron chi connectivity index (χ1n) is 7.66. The number of ketones is 1. The van der Waals surface area contributed by atoms with Crippen molar-refractivity contribution in [2.24, 2.45) is 0 Å². The Kier molecular flexibility index (Phi) is 5.11. The minimum absolute atomic E-state index is 0.0287. The van der Waals surface area contributed by atoms with Crippen molar-refractivity contribution in [1.29, 1.82) is 0 Å². The molecule has 1 heterocycles. The average molecular weight is 338 g/mol. The topological polar surface area (TPSA) is 72.3 Å². The van der Waals surface area contributed by atoms with Crippen LogP contribution in [-0.4, -0.2) is 27.5 Å². The summed E-state index contributed by atoms with van der Waals surface area (Å²) in [6.07, 6.45) is 1.54. The van der Waals surface area contributed by atoms with Gasteiger partial charge in [0.05, 0.1) is 6.61 Å². The maximum Gasteiger partial charge on any atom is 0.183 e. The summed E-state index contributed by atoms with van der Waals surface area (Å²) in [5, 5.41) is 8.85. The van der Waals surface area contributed by atoms with Gasteiger partial charge in [-0.15, -0.1) is 0 Å². The summed E-state index contributed by atoms with van der Waals surface area (Å²) < 4.78 is 18.5. The summed E-state index contributed by atoms with van der Waals surface area (Å²) >= 11 is 0. The Morgan fingerprint density at radius 3 is 2.28 bits per heavy atom. The van der Waals surface area contributed by atoms with Crippen molar-refractivity contribution < 1.29 is 19.0 Å². The Morgan fingerprint density at radius 1 is 1.00 bits per heavy atom. The van der Waals surface area contributed by atoms with E-state index in [0.717, 1.165) is 5.56 Å². The lowest BCUT2D eigenvalue weighted by atomic mass is 10.1. The van der Waals surface area contributed by atoms with Crippen LogP contribution in [0.2, 0.25) is 0 Å². The molecule has 0 bridgehead atoms. The second kappa shape index (κ2) is 7.63. The first kappa shape index (κ1) is 16.7. The number of hydrogen-bond acceptors (Lipinski definition) is 5. The first-order chi connectivity index (χ1) is 12.2. The van der Waals surface area contributed by atoms with Crippen molar-refractivity contribution in [2.45, 2.75) is 6.42 Å². The van der Waals surface area contributed by atoms with E-state index in [4.69, 9.17) is 9.84 Å². The van der Waals surface area contributed by atoms with Gasteiger partial charge in [-0.3, -0.25) is 4.79 Å². The van der Waals surface area contributed by atoms with Crippen LogP contribution in [0.1, 0.15) is 16.9 Å². The summed E-state index contributed by atoms with van der Waals surface area (Å²) in [7, 11) is 0. The lowest BCUT2D eigenvalue weighted by Crippen LogP contribution is -2.05. The molecule has 0 saturated heterocycles. The Balaban J connectivity index is 1.77. The summed E-state index contributed by atoms with van der Waals surface area (Å²) in [5.74, 6) is 0.972. The third kappa shape index (κ3) is 4.24. The third-order valence-electron chi connectivity index (χ3n) is 3.44. The number of benzene rings is 2. The molecule has 6 heteroatoms. The Morgan fingerprint density at radius 2 is 1.64 bits per heavy atom. The van der Waals surface area contributed by atoms with Gasteiger partial charge in [0.15, 0.2) is 11.6 Å². The number of carbonyl (C=O) groups is 1. The maximum atomic E-state index is 12.9. The molecule has 0 fully saturated rings. The Hall–Kier alpha value is -3.12. The number of ether oxygens (including phenoxy) is 1.